The molecule has 0 radical (unpaired) electrons. The van der Waals surface area contributed by atoms with Crippen molar-refractivity contribution in [1.82, 2.24) is 9.97 Å². The van der Waals surface area contributed by atoms with Crippen LogP contribution in [0, 0.1) is 12.8 Å². The lowest BCUT2D eigenvalue weighted by atomic mass is 9.85. The van der Waals surface area contributed by atoms with Gasteiger partial charge in [-0.25, -0.2) is 9.97 Å². The maximum absolute atomic E-state index is 12.5. The van der Waals surface area contributed by atoms with Gasteiger partial charge in [-0.2, -0.15) is 13.2 Å². The molecule has 1 fully saturated rings. The van der Waals surface area contributed by atoms with Gasteiger partial charge in [-0.15, -0.1) is 0 Å². The molecular weight excluding hydrogens is 243 g/mol. The third-order valence-electron chi connectivity index (χ3n) is 3.32. The zero-order valence-electron chi connectivity index (χ0n) is 10.2. The van der Waals surface area contributed by atoms with E-state index in [4.69, 9.17) is 0 Å². The second kappa shape index (κ2) is 5.12. The van der Waals surface area contributed by atoms with Gasteiger partial charge in [-0.1, -0.05) is 0 Å². The molecule has 0 unspecified atom stereocenters. The molecule has 18 heavy (non-hydrogen) atoms. The number of alkyl halides is 3. The van der Waals surface area contributed by atoms with Gasteiger partial charge in [0.2, 0.25) is 0 Å². The number of hydrogen-bond acceptors (Lipinski definition) is 3. The third kappa shape index (κ3) is 3.34. The van der Waals surface area contributed by atoms with Crippen LogP contribution in [0.1, 0.15) is 31.5 Å². The second-order valence-electron chi connectivity index (χ2n) is 4.72. The van der Waals surface area contributed by atoms with Crippen LogP contribution in [0.3, 0.4) is 0 Å². The minimum absolute atomic E-state index is 0.0814. The topological polar surface area (TPSA) is 37.8 Å². The molecule has 1 saturated carbocycles. The van der Waals surface area contributed by atoms with Crippen LogP contribution in [0.15, 0.2) is 12.3 Å². The molecule has 0 amide bonds. The van der Waals surface area contributed by atoms with Gasteiger partial charge in [0.1, 0.15) is 11.6 Å². The summed E-state index contributed by atoms with van der Waals surface area (Å²) < 4.78 is 37.5. The third-order valence-corrected chi connectivity index (χ3v) is 3.32. The molecule has 0 aliphatic heterocycles. The minimum atomic E-state index is -4.05. The Bertz CT molecular complexity index is 398. The summed E-state index contributed by atoms with van der Waals surface area (Å²) in [5.74, 6) is 0.213. The molecule has 0 bridgehead atoms. The average molecular weight is 259 g/mol. The number of halogens is 3. The largest absolute Gasteiger partial charge is 0.391 e. The zero-order chi connectivity index (χ0) is 13.2. The van der Waals surface area contributed by atoms with Gasteiger partial charge in [0.05, 0.1) is 5.92 Å². The number of hydrogen-bond donors (Lipinski definition) is 1. The summed E-state index contributed by atoms with van der Waals surface area (Å²) in [5.41, 5.74) is 0. The molecule has 1 aromatic rings. The van der Waals surface area contributed by atoms with Gasteiger partial charge in [0.25, 0.3) is 0 Å². The second-order valence-corrected chi connectivity index (χ2v) is 4.72. The Morgan fingerprint density at radius 1 is 1.22 bits per heavy atom. The van der Waals surface area contributed by atoms with E-state index in [9.17, 15) is 13.2 Å². The van der Waals surface area contributed by atoms with E-state index in [0.717, 1.165) is 0 Å². The SMILES string of the molecule is Cc1nccc(NC2CCC(C(F)(F)F)CC2)n1. The lowest BCUT2D eigenvalue weighted by Crippen LogP contribution is -2.33. The average Bonchev–Trinajstić information content (AvgIpc) is 2.28. The van der Waals surface area contributed by atoms with Crippen molar-refractivity contribution >= 4 is 5.82 Å². The molecule has 6 heteroatoms. The molecule has 1 aliphatic carbocycles. The van der Waals surface area contributed by atoms with E-state index in [1.165, 1.54) is 0 Å². The highest BCUT2D eigenvalue weighted by Gasteiger charge is 2.41. The zero-order valence-corrected chi connectivity index (χ0v) is 10.2. The first-order chi connectivity index (χ1) is 8.45. The molecule has 3 nitrogen and oxygen atoms in total. The number of aromatic nitrogens is 2. The van der Waals surface area contributed by atoms with E-state index in [0.29, 0.717) is 24.5 Å². The van der Waals surface area contributed by atoms with Crippen LogP contribution < -0.4 is 5.32 Å². The molecule has 100 valence electrons. The summed E-state index contributed by atoms with van der Waals surface area (Å²) >= 11 is 0. The first-order valence-corrected chi connectivity index (χ1v) is 6.08. The summed E-state index contributed by atoms with van der Waals surface area (Å²) in [6.45, 7) is 1.78. The van der Waals surface area contributed by atoms with E-state index in [2.05, 4.69) is 15.3 Å². The smallest absolute Gasteiger partial charge is 0.367 e. The molecule has 1 aliphatic rings. The predicted octanol–water partition coefficient (Wildman–Crippen LogP) is 3.32. The van der Waals surface area contributed by atoms with E-state index in [-0.39, 0.29) is 18.9 Å². The Hall–Kier alpha value is -1.33. The first-order valence-electron chi connectivity index (χ1n) is 6.08. The van der Waals surface area contributed by atoms with Crippen molar-refractivity contribution in [2.24, 2.45) is 5.92 Å². The molecule has 1 heterocycles. The molecule has 0 saturated heterocycles. The van der Waals surface area contributed by atoms with Gasteiger partial charge in [-0.3, -0.25) is 0 Å². The normalized spacial score (nSPS) is 24.9. The monoisotopic (exact) mass is 259 g/mol. The minimum Gasteiger partial charge on any atom is -0.367 e. The Balaban J connectivity index is 1.87. The number of anilines is 1. The number of aryl methyl sites for hydroxylation is 1. The van der Waals surface area contributed by atoms with Gasteiger partial charge in [0.15, 0.2) is 0 Å². The van der Waals surface area contributed by atoms with Gasteiger partial charge in [-0.05, 0) is 38.7 Å². The summed E-state index contributed by atoms with van der Waals surface area (Å²) in [4.78, 5) is 8.17. The predicted molar refractivity (Wildman–Crippen MR) is 62.2 cm³/mol. The lowest BCUT2D eigenvalue weighted by molar-refractivity contribution is -0.182. The fourth-order valence-electron chi connectivity index (χ4n) is 2.31. The summed E-state index contributed by atoms with van der Waals surface area (Å²) in [5, 5.41) is 3.18. The maximum Gasteiger partial charge on any atom is 0.391 e. The Labute approximate surface area is 104 Å². The Morgan fingerprint density at radius 3 is 2.44 bits per heavy atom. The fourth-order valence-corrected chi connectivity index (χ4v) is 2.31. The highest BCUT2D eigenvalue weighted by molar-refractivity contribution is 5.34. The van der Waals surface area contributed by atoms with Crippen molar-refractivity contribution < 1.29 is 13.2 Å². The van der Waals surface area contributed by atoms with E-state index >= 15 is 0 Å². The van der Waals surface area contributed by atoms with Crippen LogP contribution in [0.25, 0.3) is 0 Å². The summed E-state index contributed by atoms with van der Waals surface area (Å²) in [7, 11) is 0. The van der Waals surface area contributed by atoms with Crippen molar-refractivity contribution in [2.45, 2.75) is 44.8 Å². The fraction of sp³-hybridized carbons (Fsp3) is 0.667. The molecule has 0 spiro atoms. The number of nitrogens with one attached hydrogen (secondary N) is 1. The van der Waals surface area contributed by atoms with Crippen LogP contribution in [0.2, 0.25) is 0 Å². The maximum atomic E-state index is 12.5. The molecular formula is C12H16F3N3. The van der Waals surface area contributed by atoms with E-state index < -0.39 is 12.1 Å². The van der Waals surface area contributed by atoms with Crippen molar-refractivity contribution in [2.75, 3.05) is 5.32 Å². The molecule has 1 aromatic heterocycles. The highest BCUT2D eigenvalue weighted by atomic mass is 19.4. The standard InChI is InChI=1S/C12H16F3N3/c1-8-16-7-6-11(17-8)18-10-4-2-9(3-5-10)12(13,14)15/h6-7,9-10H,2-5H2,1H3,(H,16,17,18). The van der Waals surface area contributed by atoms with Crippen molar-refractivity contribution in [3.63, 3.8) is 0 Å². The summed E-state index contributed by atoms with van der Waals surface area (Å²) in [6.07, 6.45) is -0.931. The Kier molecular flexibility index (Phi) is 3.73. The van der Waals surface area contributed by atoms with Crippen LogP contribution in [-0.4, -0.2) is 22.2 Å². The highest BCUT2D eigenvalue weighted by Crippen LogP contribution is 2.37. The first kappa shape index (κ1) is 13.1. The van der Waals surface area contributed by atoms with E-state index in [1.807, 2.05) is 0 Å². The van der Waals surface area contributed by atoms with Gasteiger partial charge in [0, 0.05) is 12.2 Å². The molecule has 0 aromatic carbocycles. The van der Waals surface area contributed by atoms with Crippen LogP contribution in [0.4, 0.5) is 19.0 Å². The number of nitrogens with zero attached hydrogens (tertiary/aromatic N) is 2. The van der Waals surface area contributed by atoms with Crippen molar-refractivity contribution in [3.05, 3.63) is 18.1 Å². The quantitative estimate of drug-likeness (QED) is 0.885. The van der Waals surface area contributed by atoms with Crippen LogP contribution in [-0.2, 0) is 0 Å². The molecule has 0 atom stereocenters. The molecule has 2 rings (SSSR count). The number of rotatable bonds is 2. The van der Waals surface area contributed by atoms with Crippen LogP contribution >= 0.6 is 0 Å². The Morgan fingerprint density at radius 2 is 1.89 bits per heavy atom. The van der Waals surface area contributed by atoms with Crippen LogP contribution in [0.5, 0.6) is 0 Å². The van der Waals surface area contributed by atoms with Gasteiger partial charge < -0.3 is 5.32 Å². The molecule has 1 N–H and O–H groups in total. The summed E-state index contributed by atoms with van der Waals surface area (Å²) in [6, 6.07) is 1.82. The van der Waals surface area contributed by atoms with Crippen molar-refractivity contribution in [1.29, 1.82) is 0 Å². The van der Waals surface area contributed by atoms with E-state index in [1.54, 1.807) is 19.2 Å². The lowest BCUT2D eigenvalue weighted by Gasteiger charge is -2.30. The van der Waals surface area contributed by atoms with Crippen molar-refractivity contribution in [3.8, 4) is 0 Å². The van der Waals surface area contributed by atoms with Gasteiger partial charge >= 0.3 is 6.18 Å².